The van der Waals surface area contributed by atoms with Gasteiger partial charge >= 0.3 is 0 Å². The van der Waals surface area contributed by atoms with E-state index < -0.39 is 9.05 Å². The molecule has 0 N–H and O–H groups in total. The van der Waals surface area contributed by atoms with E-state index in [2.05, 4.69) is 18.2 Å². The first-order valence-corrected chi connectivity index (χ1v) is 8.82. The summed E-state index contributed by atoms with van der Waals surface area (Å²) in [7, 11) is 1.62. The number of halogens is 1. The van der Waals surface area contributed by atoms with Crippen LogP contribution in [0.2, 0.25) is 0 Å². The summed E-state index contributed by atoms with van der Waals surface area (Å²) in [5.74, 6) is 0.651. The Bertz CT molecular complexity index is 747. The number of hydrogen-bond donors (Lipinski definition) is 0. The Balaban J connectivity index is 2.17. The number of benzene rings is 2. The van der Waals surface area contributed by atoms with Gasteiger partial charge in [0, 0.05) is 10.7 Å². The summed E-state index contributed by atoms with van der Waals surface area (Å²) in [5, 5.41) is 0. The van der Waals surface area contributed by atoms with Gasteiger partial charge in [-0.2, -0.15) is 0 Å². The second-order valence-electron chi connectivity index (χ2n) is 5.15. The van der Waals surface area contributed by atoms with Crippen molar-refractivity contribution in [3.63, 3.8) is 0 Å². The van der Waals surface area contributed by atoms with Crippen LogP contribution in [0.5, 0.6) is 5.75 Å². The molecule has 0 aromatic heterocycles. The van der Waals surface area contributed by atoms with Crippen molar-refractivity contribution in [2.75, 3.05) is 0 Å². The highest BCUT2D eigenvalue weighted by Crippen LogP contribution is 2.24. The molecule has 2 aromatic rings. The lowest BCUT2D eigenvalue weighted by atomic mass is 10.1. The summed E-state index contributed by atoms with van der Waals surface area (Å²) in [6.07, 6.45) is 0. The molecule has 0 saturated carbocycles. The van der Waals surface area contributed by atoms with E-state index in [1.807, 2.05) is 13.8 Å². The second-order valence-corrected chi connectivity index (χ2v) is 7.72. The molecule has 5 heteroatoms. The molecule has 112 valence electrons. The van der Waals surface area contributed by atoms with Crippen LogP contribution in [0.15, 0.2) is 41.3 Å². The maximum atomic E-state index is 11.3. The monoisotopic (exact) mass is 324 g/mol. The molecule has 2 aromatic carbocycles. The molecule has 3 nitrogen and oxygen atoms in total. The summed E-state index contributed by atoms with van der Waals surface area (Å²) >= 11 is 0. The number of ether oxygens (including phenoxy) is 1. The lowest BCUT2D eigenvalue weighted by Gasteiger charge is -2.11. The SMILES string of the molecule is Cc1cc(C)cc(COc2ccc(S(=O)(=O)Cl)cc2C)c1. The molecule has 2 rings (SSSR count). The van der Waals surface area contributed by atoms with E-state index in [1.165, 1.54) is 23.3 Å². The van der Waals surface area contributed by atoms with Crippen molar-refractivity contribution in [1.29, 1.82) is 0 Å². The Morgan fingerprint density at radius 2 is 1.62 bits per heavy atom. The topological polar surface area (TPSA) is 43.4 Å². The maximum Gasteiger partial charge on any atom is 0.261 e. The van der Waals surface area contributed by atoms with Crippen molar-refractivity contribution in [2.45, 2.75) is 32.3 Å². The molecule has 0 bridgehead atoms. The Labute approximate surface area is 129 Å². The van der Waals surface area contributed by atoms with Gasteiger partial charge in [0.1, 0.15) is 12.4 Å². The van der Waals surface area contributed by atoms with E-state index in [0.29, 0.717) is 12.4 Å². The van der Waals surface area contributed by atoms with Gasteiger partial charge in [-0.25, -0.2) is 8.42 Å². The van der Waals surface area contributed by atoms with Crippen LogP contribution in [-0.4, -0.2) is 8.42 Å². The molecule has 0 spiro atoms. The van der Waals surface area contributed by atoms with Gasteiger partial charge in [-0.1, -0.05) is 29.3 Å². The van der Waals surface area contributed by atoms with E-state index in [9.17, 15) is 8.42 Å². The van der Waals surface area contributed by atoms with Gasteiger partial charge in [-0.05, 0) is 50.1 Å². The van der Waals surface area contributed by atoms with Gasteiger partial charge < -0.3 is 4.74 Å². The first-order chi connectivity index (χ1) is 9.75. The molecule has 0 atom stereocenters. The van der Waals surface area contributed by atoms with Crippen LogP contribution in [0.3, 0.4) is 0 Å². The van der Waals surface area contributed by atoms with Crippen LogP contribution in [0.4, 0.5) is 0 Å². The van der Waals surface area contributed by atoms with Gasteiger partial charge in [-0.3, -0.25) is 0 Å². The zero-order valence-electron chi connectivity index (χ0n) is 12.2. The van der Waals surface area contributed by atoms with E-state index in [-0.39, 0.29) is 4.90 Å². The third-order valence-corrected chi connectivity index (χ3v) is 4.46. The van der Waals surface area contributed by atoms with E-state index in [1.54, 1.807) is 13.0 Å². The van der Waals surface area contributed by atoms with Crippen molar-refractivity contribution in [2.24, 2.45) is 0 Å². The Morgan fingerprint density at radius 3 is 2.14 bits per heavy atom. The van der Waals surface area contributed by atoms with Crippen LogP contribution >= 0.6 is 10.7 Å². The van der Waals surface area contributed by atoms with Crippen molar-refractivity contribution in [1.82, 2.24) is 0 Å². The van der Waals surface area contributed by atoms with Crippen molar-refractivity contribution in [3.05, 3.63) is 58.7 Å². The first kappa shape index (κ1) is 15.9. The molecule has 0 heterocycles. The average molecular weight is 325 g/mol. The van der Waals surface area contributed by atoms with Crippen molar-refractivity contribution < 1.29 is 13.2 Å². The summed E-state index contributed by atoms with van der Waals surface area (Å²) in [6.45, 7) is 6.32. The lowest BCUT2D eigenvalue weighted by molar-refractivity contribution is 0.303. The molecular formula is C16H17ClO3S. The van der Waals surface area contributed by atoms with Crippen LogP contribution in [-0.2, 0) is 15.7 Å². The van der Waals surface area contributed by atoms with Gasteiger partial charge in [0.05, 0.1) is 4.90 Å². The third-order valence-electron chi connectivity index (χ3n) is 3.10. The minimum absolute atomic E-state index is 0.0837. The molecule has 0 saturated heterocycles. The molecule has 0 aliphatic heterocycles. The molecule has 0 amide bonds. The summed E-state index contributed by atoms with van der Waals surface area (Å²) in [5.41, 5.74) is 4.20. The lowest BCUT2D eigenvalue weighted by Crippen LogP contribution is -1.99. The standard InChI is InChI=1S/C16H17ClO3S/c1-11-6-12(2)8-14(7-11)10-20-16-5-4-15(9-13(16)3)21(17,18)19/h4-9H,10H2,1-3H3. The minimum atomic E-state index is -3.70. The van der Waals surface area contributed by atoms with Gasteiger partial charge in [0.25, 0.3) is 9.05 Å². The van der Waals surface area contributed by atoms with Crippen LogP contribution < -0.4 is 4.74 Å². The molecule has 0 aliphatic carbocycles. The van der Waals surface area contributed by atoms with Gasteiger partial charge in [0.15, 0.2) is 0 Å². The minimum Gasteiger partial charge on any atom is -0.489 e. The summed E-state index contributed by atoms with van der Waals surface area (Å²) in [4.78, 5) is 0.0837. The van der Waals surface area contributed by atoms with Crippen molar-refractivity contribution in [3.8, 4) is 5.75 Å². The molecule has 0 fully saturated rings. The molecule has 0 aliphatic rings. The van der Waals surface area contributed by atoms with E-state index in [4.69, 9.17) is 15.4 Å². The first-order valence-electron chi connectivity index (χ1n) is 6.51. The average Bonchev–Trinajstić information content (AvgIpc) is 2.35. The summed E-state index contributed by atoms with van der Waals surface area (Å²) in [6, 6.07) is 10.8. The van der Waals surface area contributed by atoms with Crippen LogP contribution in [0.1, 0.15) is 22.3 Å². The van der Waals surface area contributed by atoms with Gasteiger partial charge in [0.2, 0.25) is 0 Å². The predicted octanol–water partition coefficient (Wildman–Crippen LogP) is 4.12. The predicted molar refractivity (Wildman–Crippen MR) is 84.5 cm³/mol. The smallest absolute Gasteiger partial charge is 0.261 e. The van der Waals surface area contributed by atoms with Crippen LogP contribution in [0, 0.1) is 20.8 Å². The zero-order valence-corrected chi connectivity index (χ0v) is 13.8. The van der Waals surface area contributed by atoms with Crippen molar-refractivity contribution >= 4 is 19.7 Å². The molecule has 0 radical (unpaired) electrons. The fourth-order valence-corrected chi connectivity index (χ4v) is 3.08. The van der Waals surface area contributed by atoms with Crippen LogP contribution in [0.25, 0.3) is 0 Å². The van der Waals surface area contributed by atoms with E-state index >= 15 is 0 Å². The fraction of sp³-hybridized carbons (Fsp3) is 0.250. The maximum absolute atomic E-state index is 11.3. The number of rotatable bonds is 4. The highest BCUT2D eigenvalue weighted by atomic mass is 35.7. The van der Waals surface area contributed by atoms with Gasteiger partial charge in [-0.15, -0.1) is 0 Å². The summed E-state index contributed by atoms with van der Waals surface area (Å²) < 4.78 is 28.3. The van der Waals surface area contributed by atoms with E-state index in [0.717, 1.165) is 11.1 Å². The number of hydrogen-bond acceptors (Lipinski definition) is 3. The second kappa shape index (κ2) is 6.08. The highest BCUT2D eigenvalue weighted by Gasteiger charge is 2.12. The third kappa shape index (κ3) is 4.22. The fourth-order valence-electron chi connectivity index (χ4n) is 2.25. The highest BCUT2D eigenvalue weighted by molar-refractivity contribution is 8.13. The quantitative estimate of drug-likeness (QED) is 0.795. The number of aryl methyl sites for hydroxylation is 3. The molecular weight excluding hydrogens is 308 g/mol. The molecule has 0 unspecified atom stereocenters. The molecule has 21 heavy (non-hydrogen) atoms. The Morgan fingerprint density at radius 1 is 1.00 bits per heavy atom. The normalized spacial score (nSPS) is 11.4. The zero-order chi connectivity index (χ0) is 15.6. The Hall–Kier alpha value is -1.52. The largest absolute Gasteiger partial charge is 0.489 e. The Kier molecular flexibility index (Phi) is 4.59.